The molecule has 0 saturated carbocycles. The third-order valence-corrected chi connectivity index (χ3v) is 3.83. The first-order chi connectivity index (χ1) is 9.61. The van der Waals surface area contributed by atoms with Gasteiger partial charge in [-0.25, -0.2) is 9.37 Å². The fourth-order valence-corrected chi connectivity index (χ4v) is 2.51. The van der Waals surface area contributed by atoms with E-state index in [2.05, 4.69) is 10.1 Å². The zero-order chi connectivity index (χ0) is 14.3. The number of alkyl halides is 1. The van der Waals surface area contributed by atoms with Gasteiger partial charge in [0.2, 0.25) is 0 Å². The maximum atomic E-state index is 13.8. The molecule has 0 radical (unpaired) electrons. The van der Waals surface area contributed by atoms with Crippen molar-refractivity contribution >= 4 is 22.6 Å². The lowest BCUT2D eigenvalue weighted by Gasteiger charge is -2.07. The maximum Gasteiger partial charge on any atom is 0.151 e. The molecular formula is C14H14ClFN4. The average Bonchev–Trinajstić information content (AvgIpc) is 2.96. The second-order valence-electron chi connectivity index (χ2n) is 4.73. The number of hydrogen-bond donors (Lipinski definition) is 0. The Bertz CT molecular complexity index is 775. The van der Waals surface area contributed by atoms with E-state index in [0.717, 1.165) is 16.8 Å². The van der Waals surface area contributed by atoms with Crippen LogP contribution in [0.25, 0.3) is 11.0 Å². The second kappa shape index (κ2) is 4.90. The number of hydrogen-bond acceptors (Lipinski definition) is 2. The van der Waals surface area contributed by atoms with E-state index >= 15 is 0 Å². The largest absolute Gasteiger partial charge is 0.322 e. The Balaban J connectivity index is 2.15. The van der Waals surface area contributed by atoms with Crippen LogP contribution in [0.1, 0.15) is 17.1 Å². The smallest absolute Gasteiger partial charge is 0.151 e. The highest BCUT2D eigenvalue weighted by Gasteiger charge is 2.15. The van der Waals surface area contributed by atoms with Crippen LogP contribution in [0.15, 0.2) is 24.4 Å². The van der Waals surface area contributed by atoms with Crippen LogP contribution in [-0.4, -0.2) is 19.3 Å². The van der Waals surface area contributed by atoms with Gasteiger partial charge in [0.15, 0.2) is 5.82 Å². The summed E-state index contributed by atoms with van der Waals surface area (Å²) in [4.78, 5) is 4.29. The molecule has 1 aromatic carbocycles. The molecule has 6 heteroatoms. The first-order valence-corrected chi connectivity index (χ1v) is 6.82. The van der Waals surface area contributed by atoms with Crippen LogP contribution < -0.4 is 0 Å². The molecule has 20 heavy (non-hydrogen) atoms. The van der Waals surface area contributed by atoms with Gasteiger partial charge < -0.3 is 4.57 Å². The van der Waals surface area contributed by atoms with Crippen molar-refractivity contribution < 1.29 is 4.39 Å². The number of aromatic nitrogens is 4. The standard InChI is InChI=1S/C14H14ClFN4/c1-9-10(7-17-19(9)2)8-20-12-5-3-4-11(16)14(12)18-13(20)6-15/h3-5,7H,6,8H2,1-2H3. The Morgan fingerprint density at radius 3 is 2.80 bits per heavy atom. The Hall–Kier alpha value is -1.88. The van der Waals surface area contributed by atoms with Gasteiger partial charge in [-0.2, -0.15) is 5.10 Å². The number of imidazole rings is 1. The van der Waals surface area contributed by atoms with Crippen LogP contribution in [0.3, 0.4) is 0 Å². The molecule has 0 unspecified atom stereocenters. The number of nitrogens with zero attached hydrogens (tertiary/aromatic N) is 4. The highest BCUT2D eigenvalue weighted by molar-refractivity contribution is 6.16. The van der Waals surface area contributed by atoms with Gasteiger partial charge >= 0.3 is 0 Å². The first-order valence-electron chi connectivity index (χ1n) is 6.29. The third-order valence-electron chi connectivity index (χ3n) is 3.59. The molecule has 0 aliphatic heterocycles. The van der Waals surface area contributed by atoms with E-state index in [0.29, 0.717) is 17.9 Å². The molecule has 2 aromatic heterocycles. The molecule has 0 saturated heterocycles. The number of fused-ring (bicyclic) bond motifs is 1. The van der Waals surface area contributed by atoms with Crippen molar-refractivity contribution in [3.05, 3.63) is 47.3 Å². The summed E-state index contributed by atoms with van der Waals surface area (Å²) >= 11 is 5.94. The van der Waals surface area contributed by atoms with E-state index in [1.54, 1.807) is 6.07 Å². The van der Waals surface area contributed by atoms with Gasteiger partial charge in [-0.3, -0.25) is 4.68 Å². The minimum atomic E-state index is -0.324. The van der Waals surface area contributed by atoms with Crippen LogP contribution in [0.4, 0.5) is 4.39 Å². The molecule has 0 atom stereocenters. The van der Waals surface area contributed by atoms with Crippen molar-refractivity contribution in [1.29, 1.82) is 0 Å². The van der Waals surface area contributed by atoms with Crippen molar-refractivity contribution in [2.45, 2.75) is 19.3 Å². The van der Waals surface area contributed by atoms with Gasteiger partial charge in [0, 0.05) is 18.3 Å². The van der Waals surface area contributed by atoms with E-state index in [1.165, 1.54) is 6.07 Å². The van der Waals surface area contributed by atoms with Crippen LogP contribution >= 0.6 is 11.6 Å². The quantitative estimate of drug-likeness (QED) is 0.696. The summed E-state index contributed by atoms with van der Waals surface area (Å²) in [6, 6.07) is 4.95. The first kappa shape index (κ1) is 13.1. The highest BCUT2D eigenvalue weighted by Crippen LogP contribution is 2.22. The summed E-state index contributed by atoms with van der Waals surface area (Å²) in [7, 11) is 1.90. The lowest BCUT2D eigenvalue weighted by Crippen LogP contribution is -2.05. The predicted octanol–water partition coefficient (Wildman–Crippen LogP) is 3.00. The Morgan fingerprint density at radius 2 is 2.15 bits per heavy atom. The zero-order valence-corrected chi connectivity index (χ0v) is 12.0. The van der Waals surface area contributed by atoms with E-state index in [-0.39, 0.29) is 11.7 Å². The molecule has 0 bridgehead atoms. The van der Waals surface area contributed by atoms with Gasteiger partial charge in [-0.15, -0.1) is 11.6 Å². The number of halogens is 2. The Morgan fingerprint density at radius 1 is 1.35 bits per heavy atom. The predicted molar refractivity (Wildman–Crippen MR) is 76.3 cm³/mol. The average molecular weight is 293 g/mol. The molecule has 0 N–H and O–H groups in total. The van der Waals surface area contributed by atoms with Crippen molar-refractivity contribution in [3.63, 3.8) is 0 Å². The van der Waals surface area contributed by atoms with E-state index in [1.807, 2.05) is 35.5 Å². The van der Waals surface area contributed by atoms with Gasteiger partial charge in [-0.05, 0) is 19.1 Å². The fraction of sp³-hybridized carbons (Fsp3) is 0.286. The molecule has 104 valence electrons. The van der Waals surface area contributed by atoms with Crippen LogP contribution in [0.5, 0.6) is 0 Å². The van der Waals surface area contributed by atoms with Crippen LogP contribution in [0, 0.1) is 12.7 Å². The van der Waals surface area contributed by atoms with E-state index in [9.17, 15) is 4.39 Å². The van der Waals surface area contributed by atoms with E-state index in [4.69, 9.17) is 11.6 Å². The highest BCUT2D eigenvalue weighted by atomic mass is 35.5. The van der Waals surface area contributed by atoms with Gasteiger partial charge in [-0.1, -0.05) is 6.07 Å². The summed E-state index contributed by atoms with van der Waals surface area (Å²) in [6.45, 7) is 2.59. The SMILES string of the molecule is Cc1c(Cn2c(CCl)nc3c(F)cccc32)cnn1C. The molecule has 2 heterocycles. The Labute approximate surface area is 120 Å². The number of aryl methyl sites for hydroxylation is 1. The minimum absolute atomic E-state index is 0.243. The summed E-state index contributed by atoms with van der Waals surface area (Å²) in [5.74, 6) is 0.582. The van der Waals surface area contributed by atoms with Crippen molar-refractivity contribution in [2.24, 2.45) is 7.05 Å². The van der Waals surface area contributed by atoms with Gasteiger partial charge in [0.1, 0.15) is 11.3 Å². The summed E-state index contributed by atoms with van der Waals surface area (Å²) in [5, 5.41) is 4.23. The molecular weight excluding hydrogens is 279 g/mol. The number of benzene rings is 1. The molecule has 4 nitrogen and oxygen atoms in total. The minimum Gasteiger partial charge on any atom is -0.322 e. The lowest BCUT2D eigenvalue weighted by atomic mass is 10.2. The van der Waals surface area contributed by atoms with Crippen LogP contribution in [-0.2, 0) is 19.5 Å². The zero-order valence-electron chi connectivity index (χ0n) is 11.3. The van der Waals surface area contributed by atoms with E-state index < -0.39 is 0 Å². The summed E-state index contributed by atoms with van der Waals surface area (Å²) in [5.41, 5.74) is 3.26. The van der Waals surface area contributed by atoms with Crippen molar-refractivity contribution in [3.8, 4) is 0 Å². The molecule has 0 amide bonds. The second-order valence-corrected chi connectivity index (χ2v) is 5.00. The monoisotopic (exact) mass is 292 g/mol. The molecule has 0 aliphatic carbocycles. The molecule has 0 aliphatic rings. The van der Waals surface area contributed by atoms with Crippen molar-refractivity contribution in [2.75, 3.05) is 0 Å². The molecule has 3 rings (SSSR count). The number of rotatable bonds is 3. The third kappa shape index (κ3) is 1.98. The van der Waals surface area contributed by atoms with Crippen LogP contribution in [0.2, 0.25) is 0 Å². The Kier molecular flexibility index (Phi) is 3.22. The maximum absolute atomic E-state index is 13.8. The van der Waals surface area contributed by atoms with Gasteiger partial charge in [0.05, 0.1) is 24.1 Å². The molecule has 0 fully saturated rings. The summed E-state index contributed by atoms with van der Waals surface area (Å²) in [6.07, 6.45) is 1.82. The van der Waals surface area contributed by atoms with Gasteiger partial charge in [0.25, 0.3) is 0 Å². The lowest BCUT2D eigenvalue weighted by molar-refractivity contribution is 0.637. The molecule has 3 aromatic rings. The summed E-state index contributed by atoms with van der Waals surface area (Å²) < 4.78 is 17.6. The topological polar surface area (TPSA) is 35.6 Å². The number of para-hydroxylation sites is 1. The normalized spacial score (nSPS) is 11.4. The molecule has 0 spiro atoms. The fourth-order valence-electron chi connectivity index (χ4n) is 2.31. The van der Waals surface area contributed by atoms with Crippen molar-refractivity contribution in [1.82, 2.24) is 19.3 Å².